The van der Waals surface area contributed by atoms with Crippen molar-refractivity contribution in [1.82, 2.24) is 0 Å². The van der Waals surface area contributed by atoms with E-state index in [4.69, 9.17) is 4.74 Å². The molecule has 0 saturated carbocycles. The first-order chi connectivity index (χ1) is 33.6. The maximum absolute atomic E-state index is 7.07. The van der Waals surface area contributed by atoms with Crippen molar-refractivity contribution < 1.29 is 4.74 Å². The standard InChI is InChI=1S/C61H40BN3OS2/c1-39-17-14-15-26-52(39)65-53-27-16-28-55-61(53)62(50-37-59-48(35-54(50)65)46-31-29-44(33-57(46)67-59)63(40-18-6-2-7-19-40)41-20-8-3-9-21-41)51-38-60-49(36-56(51)66-55)47-32-30-45(34-58(47)68-60)64(42-22-10-4-11-23-42)43-24-12-5-13-25-43/h2-38H,1H3. The van der Waals surface area contributed by atoms with Gasteiger partial charge in [-0.15, -0.1) is 22.7 Å². The van der Waals surface area contributed by atoms with Crippen LogP contribution >= 0.6 is 22.7 Å². The molecule has 0 spiro atoms. The quantitative estimate of drug-likeness (QED) is 0.148. The molecule has 0 atom stereocenters. The number of thiophene rings is 2. The number of nitrogens with zero attached hydrogens (tertiary/aromatic N) is 3. The van der Waals surface area contributed by atoms with E-state index in [-0.39, 0.29) is 6.71 Å². The van der Waals surface area contributed by atoms with E-state index in [2.05, 4.69) is 246 Å². The number of ether oxygens (including phenoxy) is 1. The van der Waals surface area contributed by atoms with Gasteiger partial charge >= 0.3 is 0 Å². The lowest BCUT2D eigenvalue weighted by Crippen LogP contribution is -2.59. The van der Waals surface area contributed by atoms with Crippen molar-refractivity contribution in [3.63, 3.8) is 0 Å². The van der Waals surface area contributed by atoms with Gasteiger partial charge in [0.15, 0.2) is 0 Å². The smallest absolute Gasteiger partial charge is 0.256 e. The van der Waals surface area contributed by atoms with Crippen LogP contribution in [0.3, 0.4) is 0 Å². The molecule has 320 valence electrons. The van der Waals surface area contributed by atoms with E-state index in [1.165, 1.54) is 73.7 Å². The maximum Gasteiger partial charge on any atom is 0.256 e. The molecule has 0 radical (unpaired) electrons. The second kappa shape index (κ2) is 15.5. The van der Waals surface area contributed by atoms with Crippen molar-refractivity contribution >= 4 is 137 Å². The van der Waals surface area contributed by atoms with E-state index in [9.17, 15) is 0 Å². The van der Waals surface area contributed by atoms with Crippen LogP contribution in [0.4, 0.5) is 51.2 Å². The number of rotatable bonds is 7. The highest BCUT2D eigenvalue weighted by molar-refractivity contribution is 7.26. The molecule has 2 aliphatic heterocycles. The zero-order valence-corrected chi connectivity index (χ0v) is 38.6. The highest BCUT2D eigenvalue weighted by Gasteiger charge is 2.42. The van der Waals surface area contributed by atoms with E-state index in [1.807, 2.05) is 22.7 Å². The molecule has 7 heteroatoms. The van der Waals surface area contributed by atoms with Crippen LogP contribution in [0.25, 0.3) is 40.3 Å². The molecule has 0 bridgehead atoms. The van der Waals surface area contributed by atoms with Crippen LogP contribution in [-0.2, 0) is 0 Å². The third-order valence-electron chi connectivity index (χ3n) is 13.8. The maximum atomic E-state index is 7.07. The highest BCUT2D eigenvalue weighted by atomic mass is 32.1. The predicted molar refractivity (Wildman–Crippen MR) is 292 cm³/mol. The average Bonchev–Trinajstić information content (AvgIpc) is 3.93. The zero-order chi connectivity index (χ0) is 44.9. The molecule has 0 amide bonds. The molecule has 0 fully saturated rings. The van der Waals surface area contributed by atoms with Crippen LogP contribution in [0, 0.1) is 6.92 Å². The summed E-state index contributed by atoms with van der Waals surface area (Å²) in [5.74, 6) is 1.83. The summed E-state index contributed by atoms with van der Waals surface area (Å²) in [6.07, 6.45) is 0. The zero-order valence-electron chi connectivity index (χ0n) is 37.0. The number of benzene rings is 10. The molecule has 4 heterocycles. The minimum absolute atomic E-state index is 0.0335. The summed E-state index contributed by atoms with van der Waals surface area (Å²) in [4.78, 5) is 7.18. The summed E-state index contributed by atoms with van der Waals surface area (Å²) in [6, 6.07) is 81.6. The first-order valence-electron chi connectivity index (χ1n) is 23.1. The molecular weight excluding hydrogens is 866 g/mol. The average molecular weight is 906 g/mol. The second-order valence-electron chi connectivity index (χ2n) is 17.7. The van der Waals surface area contributed by atoms with Gasteiger partial charge in [-0.25, -0.2) is 0 Å². The molecule has 0 aliphatic carbocycles. The van der Waals surface area contributed by atoms with Crippen molar-refractivity contribution in [2.24, 2.45) is 0 Å². The van der Waals surface area contributed by atoms with Crippen molar-refractivity contribution in [2.75, 3.05) is 14.7 Å². The second-order valence-corrected chi connectivity index (χ2v) is 19.9. The fourth-order valence-electron chi connectivity index (χ4n) is 10.7. The highest BCUT2D eigenvalue weighted by Crippen LogP contribution is 2.48. The third kappa shape index (κ3) is 6.13. The lowest BCUT2D eigenvalue weighted by atomic mass is 9.34. The summed E-state index contributed by atoms with van der Waals surface area (Å²) in [5, 5.41) is 4.98. The Morgan fingerprint density at radius 3 is 1.38 bits per heavy atom. The van der Waals surface area contributed by atoms with Crippen LogP contribution in [0.2, 0.25) is 0 Å². The van der Waals surface area contributed by atoms with Crippen LogP contribution in [0.15, 0.2) is 224 Å². The molecular formula is C61H40BN3OS2. The Balaban J connectivity index is 0.956. The van der Waals surface area contributed by atoms with E-state index >= 15 is 0 Å². The number of hydrogen-bond acceptors (Lipinski definition) is 6. The van der Waals surface area contributed by atoms with Gasteiger partial charge in [0.1, 0.15) is 11.5 Å². The molecule has 2 aromatic heterocycles. The minimum Gasteiger partial charge on any atom is -0.458 e. The van der Waals surface area contributed by atoms with Gasteiger partial charge in [0.2, 0.25) is 0 Å². The Bertz CT molecular complexity index is 3850. The fraction of sp³-hybridized carbons (Fsp3) is 0.0164. The lowest BCUT2D eigenvalue weighted by molar-refractivity contribution is 0.488. The van der Waals surface area contributed by atoms with Crippen LogP contribution < -0.4 is 35.8 Å². The summed E-state index contributed by atoms with van der Waals surface area (Å²) < 4.78 is 12.1. The van der Waals surface area contributed by atoms with Crippen molar-refractivity contribution in [3.8, 4) is 11.5 Å². The Hall–Kier alpha value is -8.10. The van der Waals surface area contributed by atoms with E-state index in [0.717, 1.165) is 51.3 Å². The van der Waals surface area contributed by atoms with E-state index in [1.54, 1.807) is 0 Å². The number of fused-ring (bicyclic) bond motifs is 10. The Morgan fingerprint density at radius 2 is 0.838 bits per heavy atom. The molecule has 0 unspecified atom stereocenters. The first kappa shape index (κ1) is 39.1. The van der Waals surface area contributed by atoms with Crippen molar-refractivity contribution in [1.29, 1.82) is 0 Å². The number of anilines is 9. The minimum atomic E-state index is -0.0335. The van der Waals surface area contributed by atoms with Crippen LogP contribution in [0.1, 0.15) is 5.56 Å². The Morgan fingerprint density at radius 1 is 0.368 bits per heavy atom. The van der Waals surface area contributed by atoms with Crippen LogP contribution in [0.5, 0.6) is 11.5 Å². The molecule has 0 saturated heterocycles. The third-order valence-corrected chi connectivity index (χ3v) is 16.0. The largest absolute Gasteiger partial charge is 0.458 e. The first-order valence-corrected chi connectivity index (χ1v) is 24.7. The van der Waals surface area contributed by atoms with Gasteiger partial charge in [-0.1, -0.05) is 109 Å². The molecule has 12 aromatic rings. The molecule has 0 N–H and O–H groups in total. The van der Waals surface area contributed by atoms with Crippen molar-refractivity contribution in [2.45, 2.75) is 6.92 Å². The summed E-state index contributed by atoms with van der Waals surface area (Å²) in [6.45, 7) is 2.18. The molecule has 4 nitrogen and oxygen atoms in total. The number of aryl methyl sites for hydroxylation is 1. The number of hydrogen-bond donors (Lipinski definition) is 0. The van der Waals surface area contributed by atoms with Gasteiger partial charge in [-0.2, -0.15) is 0 Å². The number of para-hydroxylation sites is 5. The molecule has 14 rings (SSSR count). The molecule has 2 aliphatic rings. The summed E-state index contributed by atoms with van der Waals surface area (Å²) >= 11 is 3.75. The van der Waals surface area contributed by atoms with Gasteiger partial charge in [0.25, 0.3) is 6.71 Å². The van der Waals surface area contributed by atoms with Gasteiger partial charge in [0.05, 0.1) is 0 Å². The summed E-state index contributed by atoms with van der Waals surface area (Å²) in [5.41, 5.74) is 15.2. The van der Waals surface area contributed by atoms with Gasteiger partial charge < -0.3 is 19.4 Å². The lowest BCUT2D eigenvalue weighted by Gasteiger charge is -2.40. The van der Waals surface area contributed by atoms with E-state index in [0.29, 0.717) is 0 Å². The van der Waals surface area contributed by atoms with Crippen LogP contribution in [-0.4, -0.2) is 6.71 Å². The molecule has 68 heavy (non-hydrogen) atoms. The fourth-order valence-corrected chi connectivity index (χ4v) is 13.1. The SMILES string of the molecule is Cc1ccccc1N1c2cc3c(cc2B2c4cc5sc6cc(N(c7ccccc7)c7ccccc7)ccc6c5cc4Oc4cccc1c42)sc1cc(N(c2ccccc2)c2ccccc2)ccc13. The predicted octanol–water partition coefficient (Wildman–Crippen LogP) is 16.1. The molecule has 10 aromatic carbocycles. The van der Waals surface area contributed by atoms with Gasteiger partial charge in [-0.05, 0) is 144 Å². The topological polar surface area (TPSA) is 19.0 Å². The van der Waals surface area contributed by atoms with E-state index < -0.39 is 0 Å². The summed E-state index contributed by atoms with van der Waals surface area (Å²) in [7, 11) is 0. The van der Waals surface area contributed by atoms with Gasteiger partial charge in [0, 0.05) is 91.5 Å². The Kier molecular flexibility index (Phi) is 8.91. The normalized spacial score (nSPS) is 12.5. The van der Waals surface area contributed by atoms with Gasteiger partial charge in [-0.3, -0.25) is 0 Å². The van der Waals surface area contributed by atoms with Crippen molar-refractivity contribution in [3.05, 3.63) is 230 Å². The Labute approximate surface area is 402 Å². The monoisotopic (exact) mass is 905 g/mol.